The molecule has 0 saturated carbocycles. The molecule has 3 aromatic carbocycles. The van der Waals surface area contributed by atoms with Crippen molar-refractivity contribution in [2.75, 3.05) is 0 Å². The summed E-state index contributed by atoms with van der Waals surface area (Å²) in [6, 6.07) is 16.8. The molecule has 0 spiro atoms. The lowest BCUT2D eigenvalue weighted by molar-refractivity contribution is -0.133. The molecule has 1 amide bonds. The molecule has 156 valence electrons. The van der Waals surface area contributed by atoms with E-state index in [4.69, 9.17) is 11.6 Å². The second-order valence-corrected chi connectivity index (χ2v) is 8.08. The molecule has 1 aromatic heterocycles. The number of hydrogen-bond acceptors (Lipinski definition) is 3. The van der Waals surface area contributed by atoms with Crippen molar-refractivity contribution >= 4 is 28.4 Å². The molecule has 4 aromatic rings. The molecule has 5 rings (SSSR count). The Morgan fingerprint density at radius 2 is 1.97 bits per heavy atom. The number of phenols is 1. The monoisotopic (exact) mass is 435 g/mol. The molecule has 0 radical (unpaired) electrons. The topological polar surface area (TPSA) is 58.4 Å². The second-order valence-electron chi connectivity index (χ2n) is 7.65. The molecule has 0 bridgehead atoms. The molecule has 7 heteroatoms. The SMILES string of the molecule is O=C(CCn1ncc2cc(F)ccc21)N1Cc2ccccc2C1c1cc(Cl)ccc1O. The summed E-state index contributed by atoms with van der Waals surface area (Å²) >= 11 is 6.19. The highest BCUT2D eigenvalue weighted by Crippen LogP contribution is 2.42. The van der Waals surface area contributed by atoms with Crippen molar-refractivity contribution in [1.82, 2.24) is 14.7 Å². The smallest absolute Gasteiger partial charge is 0.225 e. The van der Waals surface area contributed by atoms with Crippen LogP contribution >= 0.6 is 11.6 Å². The molecule has 31 heavy (non-hydrogen) atoms. The number of nitrogens with zero attached hydrogens (tertiary/aromatic N) is 3. The number of benzene rings is 3. The average molecular weight is 436 g/mol. The van der Waals surface area contributed by atoms with Gasteiger partial charge in [-0.05, 0) is 47.5 Å². The van der Waals surface area contributed by atoms with E-state index in [0.29, 0.717) is 29.1 Å². The van der Waals surface area contributed by atoms with Crippen LogP contribution in [-0.4, -0.2) is 25.7 Å². The third kappa shape index (κ3) is 3.53. The third-order valence-corrected chi connectivity index (χ3v) is 5.98. The van der Waals surface area contributed by atoms with Crippen LogP contribution in [0.5, 0.6) is 5.75 Å². The molecule has 1 aliphatic heterocycles. The van der Waals surface area contributed by atoms with Crippen molar-refractivity contribution in [1.29, 1.82) is 0 Å². The van der Waals surface area contributed by atoms with Gasteiger partial charge in [-0.2, -0.15) is 5.10 Å². The zero-order valence-corrected chi connectivity index (χ0v) is 17.3. The first-order valence-corrected chi connectivity index (χ1v) is 10.4. The highest BCUT2D eigenvalue weighted by atomic mass is 35.5. The van der Waals surface area contributed by atoms with Crippen LogP contribution in [0.4, 0.5) is 4.39 Å². The van der Waals surface area contributed by atoms with E-state index in [1.807, 2.05) is 24.3 Å². The maximum absolute atomic E-state index is 13.4. The number of carbonyl (C=O) groups excluding carboxylic acids is 1. The van der Waals surface area contributed by atoms with Gasteiger partial charge in [0.05, 0.1) is 24.3 Å². The van der Waals surface area contributed by atoms with Gasteiger partial charge in [-0.3, -0.25) is 9.48 Å². The highest BCUT2D eigenvalue weighted by Gasteiger charge is 2.35. The van der Waals surface area contributed by atoms with Gasteiger partial charge < -0.3 is 10.0 Å². The molecule has 0 fully saturated rings. The minimum Gasteiger partial charge on any atom is -0.508 e. The summed E-state index contributed by atoms with van der Waals surface area (Å²) in [6.45, 7) is 0.825. The predicted octanol–water partition coefficient (Wildman–Crippen LogP) is 5.06. The van der Waals surface area contributed by atoms with E-state index in [-0.39, 0.29) is 23.9 Å². The predicted molar refractivity (Wildman–Crippen MR) is 116 cm³/mol. The summed E-state index contributed by atoms with van der Waals surface area (Å²) in [5.41, 5.74) is 3.41. The second kappa shape index (κ2) is 7.71. The number of hydrogen-bond donors (Lipinski definition) is 1. The van der Waals surface area contributed by atoms with Gasteiger partial charge >= 0.3 is 0 Å². The Morgan fingerprint density at radius 3 is 2.84 bits per heavy atom. The van der Waals surface area contributed by atoms with Crippen LogP contribution in [0.2, 0.25) is 5.02 Å². The van der Waals surface area contributed by atoms with E-state index in [1.54, 1.807) is 40.0 Å². The highest BCUT2D eigenvalue weighted by molar-refractivity contribution is 6.30. The number of amides is 1. The van der Waals surface area contributed by atoms with E-state index in [2.05, 4.69) is 5.10 Å². The standard InChI is InChI=1S/C24H19ClFN3O2/c25-17-5-8-22(30)20(12-17)24-19-4-2-1-3-15(19)14-28(24)23(31)9-10-29-21-7-6-18(26)11-16(21)13-27-29/h1-8,11-13,24,30H,9-10,14H2. The minimum atomic E-state index is -0.411. The van der Waals surface area contributed by atoms with Gasteiger partial charge in [0.2, 0.25) is 5.91 Å². The first-order chi connectivity index (χ1) is 15.0. The molecule has 2 heterocycles. The summed E-state index contributed by atoms with van der Waals surface area (Å²) in [6.07, 6.45) is 1.82. The van der Waals surface area contributed by atoms with Crippen molar-refractivity contribution < 1.29 is 14.3 Å². The number of aryl methyl sites for hydroxylation is 1. The van der Waals surface area contributed by atoms with Crippen LogP contribution in [-0.2, 0) is 17.9 Å². The fraction of sp³-hybridized carbons (Fsp3) is 0.167. The Kier molecular flexibility index (Phi) is 4.87. The van der Waals surface area contributed by atoms with Gasteiger partial charge in [0, 0.05) is 28.9 Å². The zero-order chi connectivity index (χ0) is 21.5. The van der Waals surface area contributed by atoms with Gasteiger partial charge in [-0.25, -0.2) is 4.39 Å². The number of aromatic nitrogens is 2. The first kappa shape index (κ1) is 19.6. The van der Waals surface area contributed by atoms with Gasteiger partial charge in [-0.15, -0.1) is 0 Å². The molecule has 0 aliphatic carbocycles. The van der Waals surface area contributed by atoms with Crippen molar-refractivity contribution in [3.8, 4) is 5.75 Å². The van der Waals surface area contributed by atoms with Gasteiger partial charge in [0.15, 0.2) is 0 Å². The van der Waals surface area contributed by atoms with Gasteiger partial charge in [0.1, 0.15) is 11.6 Å². The van der Waals surface area contributed by atoms with Crippen molar-refractivity contribution in [2.24, 2.45) is 0 Å². The first-order valence-electron chi connectivity index (χ1n) is 9.98. The number of phenolic OH excluding ortho intramolecular Hbond substituents is 1. The summed E-state index contributed by atoms with van der Waals surface area (Å²) in [7, 11) is 0. The Bertz CT molecular complexity index is 1300. The van der Waals surface area contributed by atoms with E-state index in [9.17, 15) is 14.3 Å². The molecular weight excluding hydrogens is 417 g/mol. The van der Waals surface area contributed by atoms with Gasteiger partial charge in [0.25, 0.3) is 0 Å². The number of halogens is 2. The summed E-state index contributed by atoms with van der Waals surface area (Å²) in [4.78, 5) is 15.1. The molecule has 1 atom stereocenters. The normalized spacial score (nSPS) is 15.4. The minimum absolute atomic E-state index is 0.0636. The van der Waals surface area contributed by atoms with Crippen molar-refractivity contribution in [2.45, 2.75) is 25.6 Å². The van der Waals surface area contributed by atoms with Crippen LogP contribution in [0, 0.1) is 5.82 Å². The maximum atomic E-state index is 13.4. The lowest BCUT2D eigenvalue weighted by Crippen LogP contribution is -2.31. The van der Waals surface area contributed by atoms with Crippen molar-refractivity contribution in [3.05, 3.63) is 94.4 Å². The molecule has 5 nitrogen and oxygen atoms in total. The number of rotatable bonds is 4. The Labute approximate surface area is 183 Å². The van der Waals surface area contributed by atoms with E-state index >= 15 is 0 Å². The molecule has 1 aliphatic rings. The van der Waals surface area contributed by atoms with Crippen LogP contribution < -0.4 is 0 Å². The van der Waals surface area contributed by atoms with E-state index in [1.165, 1.54) is 12.1 Å². The average Bonchev–Trinajstić information content (AvgIpc) is 3.34. The van der Waals surface area contributed by atoms with Crippen LogP contribution in [0.15, 0.2) is 66.9 Å². The van der Waals surface area contributed by atoms with Crippen LogP contribution in [0.25, 0.3) is 10.9 Å². The lowest BCUT2D eigenvalue weighted by Gasteiger charge is -2.26. The quantitative estimate of drug-likeness (QED) is 0.487. The number of carbonyl (C=O) groups is 1. The van der Waals surface area contributed by atoms with E-state index < -0.39 is 6.04 Å². The summed E-state index contributed by atoms with van der Waals surface area (Å²) in [5, 5.41) is 16.0. The van der Waals surface area contributed by atoms with Crippen LogP contribution in [0.1, 0.15) is 29.2 Å². The zero-order valence-electron chi connectivity index (χ0n) is 16.5. The van der Waals surface area contributed by atoms with Gasteiger partial charge in [-0.1, -0.05) is 35.9 Å². The lowest BCUT2D eigenvalue weighted by atomic mass is 9.97. The molecular formula is C24H19ClFN3O2. The van der Waals surface area contributed by atoms with E-state index in [0.717, 1.165) is 16.6 Å². The Hall–Kier alpha value is -3.38. The molecule has 1 N–H and O–H groups in total. The fourth-order valence-corrected chi connectivity index (χ4v) is 4.46. The third-order valence-electron chi connectivity index (χ3n) is 5.75. The maximum Gasteiger partial charge on any atom is 0.225 e. The Morgan fingerprint density at radius 1 is 1.13 bits per heavy atom. The summed E-state index contributed by atoms with van der Waals surface area (Å²) < 4.78 is 15.1. The molecule has 1 unspecified atom stereocenters. The van der Waals surface area contributed by atoms with Crippen molar-refractivity contribution in [3.63, 3.8) is 0 Å². The largest absolute Gasteiger partial charge is 0.508 e. The number of aromatic hydroxyl groups is 1. The fourth-order valence-electron chi connectivity index (χ4n) is 4.28. The molecule has 0 saturated heterocycles. The number of fused-ring (bicyclic) bond motifs is 2. The summed E-state index contributed by atoms with van der Waals surface area (Å²) in [5.74, 6) is -0.280. The Balaban J connectivity index is 1.43. The van der Waals surface area contributed by atoms with Crippen LogP contribution in [0.3, 0.4) is 0 Å².